The third kappa shape index (κ3) is 0.993. The second-order valence-electron chi connectivity index (χ2n) is 2.51. The van der Waals surface area contributed by atoms with Crippen molar-refractivity contribution in [3.8, 4) is 0 Å². The van der Waals surface area contributed by atoms with Gasteiger partial charge < -0.3 is 5.11 Å². The second-order valence-corrected chi connectivity index (χ2v) is 2.51. The summed E-state index contributed by atoms with van der Waals surface area (Å²) < 4.78 is 0. The fourth-order valence-corrected chi connectivity index (χ4v) is 1.13. The van der Waals surface area contributed by atoms with Crippen molar-refractivity contribution in [3.63, 3.8) is 0 Å². The van der Waals surface area contributed by atoms with E-state index >= 15 is 0 Å². The number of para-hydroxylation sites is 1. The predicted molar refractivity (Wildman–Crippen MR) is 42.6 cm³/mol. The van der Waals surface area contributed by atoms with Gasteiger partial charge in [-0.3, -0.25) is 4.99 Å². The Labute approximate surface area is 68.7 Å². The molecule has 0 aliphatic carbocycles. The molecule has 59 valence electrons. The molecule has 0 unspecified atom stereocenters. The van der Waals surface area contributed by atoms with Crippen molar-refractivity contribution in [2.45, 2.75) is 0 Å². The Hall–Kier alpha value is -1.64. The Bertz CT molecular complexity index is 401. The van der Waals surface area contributed by atoms with Crippen LogP contribution in [0.25, 0.3) is 6.08 Å². The van der Waals surface area contributed by atoms with Crippen LogP contribution in [0.2, 0.25) is 0 Å². The Balaban J connectivity index is 2.60. The highest BCUT2D eigenvalue weighted by atomic mass is 16.4. The molecule has 1 heterocycles. The van der Waals surface area contributed by atoms with Gasteiger partial charge >= 0.3 is 5.97 Å². The number of carboxylic acid groups (broad SMARTS) is 1. The van der Waals surface area contributed by atoms with Gasteiger partial charge in [0.15, 0.2) is 0 Å². The normalized spacial score (nSPS) is 14.7. The Morgan fingerprint density at radius 3 is 2.75 bits per heavy atom. The first-order chi connectivity index (χ1) is 5.77. The van der Waals surface area contributed by atoms with E-state index in [0.717, 1.165) is 10.6 Å². The fourth-order valence-electron chi connectivity index (χ4n) is 1.13. The molecule has 0 saturated carbocycles. The maximum atomic E-state index is 10.5. The van der Waals surface area contributed by atoms with E-state index in [2.05, 4.69) is 4.99 Å². The summed E-state index contributed by atoms with van der Waals surface area (Å²) in [7, 11) is 0. The largest absolute Gasteiger partial charge is 0.479 e. The summed E-state index contributed by atoms with van der Waals surface area (Å²) in [6.07, 6.45) is 1.57. The molecule has 1 N–H and O–H groups in total. The van der Waals surface area contributed by atoms with E-state index in [1.54, 1.807) is 12.1 Å². The Morgan fingerprint density at radius 2 is 2.08 bits per heavy atom. The van der Waals surface area contributed by atoms with Crippen LogP contribution in [-0.2, 0) is 4.79 Å². The van der Waals surface area contributed by atoms with Crippen LogP contribution in [0.5, 0.6) is 0 Å². The van der Waals surface area contributed by atoms with Crippen LogP contribution in [0.1, 0.15) is 0 Å². The molecule has 3 heteroatoms. The Kier molecular flexibility index (Phi) is 1.43. The number of fused-ring (bicyclic) bond motifs is 1. The van der Waals surface area contributed by atoms with Gasteiger partial charge in [-0.15, -0.1) is 0 Å². The van der Waals surface area contributed by atoms with Crippen molar-refractivity contribution >= 4 is 12.0 Å². The minimum absolute atomic E-state index is 0.108. The summed E-state index contributed by atoms with van der Waals surface area (Å²) in [5.41, 5.74) is 0. The molecule has 0 bridgehead atoms. The van der Waals surface area contributed by atoms with Gasteiger partial charge in [0, 0.05) is 0 Å². The number of rotatable bonds is 1. The average Bonchev–Trinajstić information content (AvgIpc) is 2.46. The Morgan fingerprint density at radius 1 is 1.33 bits per heavy atom. The number of nitrogens with zero attached hydrogens (tertiary/aromatic N) is 1. The van der Waals surface area contributed by atoms with E-state index in [-0.39, 0.29) is 6.04 Å². The summed E-state index contributed by atoms with van der Waals surface area (Å²) in [6.45, 7) is 0. The number of carbonyl (C=O) groups is 1. The van der Waals surface area contributed by atoms with E-state index in [1.165, 1.54) is 0 Å². The van der Waals surface area contributed by atoms with E-state index in [4.69, 9.17) is 5.11 Å². The van der Waals surface area contributed by atoms with Gasteiger partial charge in [-0.25, -0.2) is 4.79 Å². The molecule has 1 aromatic carbocycles. The molecule has 0 amide bonds. The zero-order chi connectivity index (χ0) is 8.55. The molecule has 1 aliphatic rings. The van der Waals surface area contributed by atoms with Crippen molar-refractivity contribution in [2.75, 3.05) is 0 Å². The monoisotopic (exact) mass is 160 g/mol. The summed E-state index contributed by atoms with van der Waals surface area (Å²) in [4.78, 5) is 14.4. The van der Waals surface area contributed by atoms with Gasteiger partial charge in [-0.05, 0) is 17.4 Å². The minimum atomic E-state index is -0.980. The molecule has 0 fully saturated rings. The van der Waals surface area contributed by atoms with Gasteiger partial charge in [0.25, 0.3) is 0 Å². The lowest BCUT2D eigenvalue weighted by molar-refractivity contribution is -0.134. The van der Waals surface area contributed by atoms with Crippen LogP contribution in [0.15, 0.2) is 29.3 Å². The minimum Gasteiger partial charge on any atom is -0.479 e. The molecule has 0 atom stereocenters. The number of benzene rings is 1. The van der Waals surface area contributed by atoms with Crippen molar-refractivity contribution in [1.29, 1.82) is 0 Å². The number of aliphatic carboxylic acids is 1. The SMILES string of the molecule is O=C(O)[C]1C=c2ccccc2=N1. The first-order valence-corrected chi connectivity index (χ1v) is 3.53. The van der Waals surface area contributed by atoms with Crippen molar-refractivity contribution in [1.82, 2.24) is 0 Å². The van der Waals surface area contributed by atoms with E-state index in [1.807, 2.05) is 18.2 Å². The van der Waals surface area contributed by atoms with E-state index in [9.17, 15) is 4.79 Å². The highest BCUT2D eigenvalue weighted by Crippen LogP contribution is 2.04. The van der Waals surface area contributed by atoms with Crippen molar-refractivity contribution in [2.24, 2.45) is 4.99 Å². The molecule has 0 saturated heterocycles. The van der Waals surface area contributed by atoms with Crippen LogP contribution in [0, 0.1) is 6.04 Å². The van der Waals surface area contributed by atoms with Crippen LogP contribution >= 0.6 is 0 Å². The molecule has 2 rings (SSSR count). The molecule has 0 spiro atoms. The first kappa shape index (κ1) is 7.03. The lowest BCUT2D eigenvalue weighted by atomic mass is 10.2. The summed E-state index contributed by atoms with van der Waals surface area (Å²) in [5.74, 6) is -0.980. The van der Waals surface area contributed by atoms with Crippen LogP contribution < -0.4 is 10.6 Å². The average molecular weight is 160 g/mol. The zero-order valence-electron chi connectivity index (χ0n) is 6.19. The summed E-state index contributed by atoms with van der Waals surface area (Å²) in [5, 5.41) is 10.2. The molecular weight excluding hydrogens is 154 g/mol. The molecular formula is C9H6NO2. The van der Waals surface area contributed by atoms with Gasteiger partial charge in [0.1, 0.15) is 0 Å². The van der Waals surface area contributed by atoms with Crippen LogP contribution in [0.3, 0.4) is 0 Å². The van der Waals surface area contributed by atoms with Crippen LogP contribution in [-0.4, -0.2) is 11.1 Å². The molecule has 1 aromatic rings. The lowest BCUT2D eigenvalue weighted by Crippen LogP contribution is -2.19. The van der Waals surface area contributed by atoms with E-state index < -0.39 is 5.97 Å². The highest BCUT2D eigenvalue weighted by Gasteiger charge is 2.17. The van der Waals surface area contributed by atoms with Crippen LogP contribution in [0.4, 0.5) is 0 Å². The maximum absolute atomic E-state index is 10.5. The predicted octanol–water partition coefficient (Wildman–Crippen LogP) is -0.283. The molecule has 3 nitrogen and oxygen atoms in total. The first-order valence-electron chi connectivity index (χ1n) is 3.53. The summed E-state index contributed by atoms with van der Waals surface area (Å²) in [6, 6.07) is 7.43. The van der Waals surface area contributed by atoms with E-state index in [0.29, 0.717) is 0 Å². The number of hydrogen-bond acceptors (Lipinski definition) is 2. The number of hydrogen-bond donors (Lipinski definition) is 1. The second kappa shape index (κ2) is 2.44. The third-order valence-corrected chi connectivity index (χ3v) is 1.69. The standard InChI is InChI=1S/C9H6NO2/c11-9(12)8-5-6-3-1-2-4-7(6)10-8/h1-5H,(H,11,12). The lowest BCUT2D eigenvalue weighted by Gasteiger charge is -1.90. The quantitative estimate of drug-likeness (QED) is 0.614. The fraction of sp³-hybridized carbons (Fsp3) is 0. The third-order valence-electron chi connectivity index (χ3n) is 1.69. The van der Waals surface area contributed by atoms with Gasteiger partial charge in [0.05, 0.1) is 5.36 Å². The summed E-state index contributed by atoms with van der Waals surface area (Å²) >= 11 is 0. The van der Waals surface area contributed by atoms with Gasteiger partial charge in [0.2, 0.25) is 6.04 Å². The van der Waals surface area contributed by atoms with Gasteiger partial charge in [-0.2, -0.15) is 0 Å². The highest BCUT2D eigenvalue weighted by molar-refractivity contribution is 5.91. The maximum Gasteiger partial charge on any atom is 0.339 e. The topological polar surface area (TPSA) is 49.7 Å². The molecule has 12 heavy (non-hydrogen) atoms. The van der Waals surface area contributed by atoms with Crippen molar-refractivity contribution < 1.29 is 9.90 Å². The van der Waals surface area contributed by atoms with Crippen molar-refractivity contribution in [3.05, 3.63) is 40.9 Å². The smallest absolute Gasteiger partial charge is 0.339 e. The molecule has 1 aliphatic heterocycles. The zero-order valence-corrected chi connectivity index (χ0v) is 6.19. The molecule has 1 radical (unpaired) electrons. The molecule has 0 aromatic heterocycles. The van der Waals surface area contributed by atoms with Gasteiger partial charge in [-0.1, -0.05) is 18.2 Å². The number of carboxylic acids is 1.